The molecule has 2 heterocycles. The van der Waals surface area contributed by atoms with Crippen molar-refractivity contribution >= 4 is 5.91 Å². The van der Waals surface area contributed by atoms with Gasteiger partial charge in [-0.1, -0.05) is 12.1 Å². The topological polar surface area (TPSA) is 72.1 Å². The minimum atomic E-state index is -0.948. The van der Waals surface area contributed by atoms with E-state index in [1.807, 2.05) is 24.5 Å². The Morgan fingerprint density at radius 3 is 2.52 bits per heavy atom. The highest BCUT2D eigenvalue weighted by Crippen LogP contribution is 2.19. The maximum atomic E-state index is 13.0. The van der Waals surface area contributed by atoms with Crippen molar-refractivity contribution in [1.29, 1.82) is 0 Å². The van der Waals surface area contributed by atoms with E-state index in [0.717, 1.165) is 0 Å². The first kappa shape index (κ1) is 16.9. The summed E-state index contributed by atoms with van der Waals surface area (Å²) in [5.74, 6) is -0.0872. The number of hydrogen-bond acceptors (Lipinski definition) is 3. The lowest BCUT2D eigenvalue weighted by atomic mass is 10.0. The van der Waals surface area contributed by atoms with Crippen molar-refractivity contribution in [3.05, 3.63) is 71.9 Å². The van der Waals surface area contributed by atoms with E-state index in [4.69, 9.17) is 0 Å². The molecule has 0 bridgehead atoms. The van der Waals surface area contributed by atoms with Crippen LogP contribution in [0.3, 0.4) is 0 Å². The largest absolute Gasteiger partial charge is 0.386 e. The molecule has 3 rings (SSSR count). The van der Waals surface area contributed by atoms with E-state index >= 15 is 0 Å². The molecule has 2 aromatic heterocycles. The number of aryl methyl sites for hydroxylation is 1. The Labute approximate surface area is 144 Å². The summed E-state index contributed by atoms with van der Waals surface area (Å²) in [6, 6.07) is 8.70. The van der Waals surface area contributed by atoms with Crippen molar-refractivity contribution in [3.63, 3.8) is 0 Å². The van der Waals surface area contributed by atoms with Crippen LogP contribution in [0.4, 0.5) is 4.39 Å². The van der Waals surface area contributed by atoms with Gasteiger partial charge in [0, 0.05) is 19.4 Å². The molecule has 6 nitrogen and oxygen atoms in total. The van der Waals surface area contributed by atoms with Crippen molar-refractivity contribution in [1.82, 2.24) is 19.7 Å². The number of amides is 1. The molecule has 1 amide bonds. The van der Waals surface area contributed by atoms with Gasteiger partial charge in [0.25, 0.3) is 5.91 Å². The van der Waals surface area contributed by atoms with E-state index in [1.54, 1.807) is 23.2 Å². The van der Waals surface area contributed by atoms with Crippen LogP contribution in [0.1, 0.15) is 28.9 Å². The van der Waals surface area contributed by atoms with E-state index in [9.17, 15) is 14.3 Å². The fourth-order valence-electron chi connectivity index (χ4n) is 2.69. The SMILES string of the molecule is CC(NC(=O)c1cnn(C)c1-n1cccc1)C(O)c1ccc(F)cc1. The fraction of sp³-hybridized carbons (Fsp3) is 0.222. The van der Waals surface area contributed by atoms with Crippen molar-refractivity contribution in [2.45, 2.75) is 19.1 Å². The average Bonchev–Trinajstić information content (AvgIpc) is 3.23. The first-order valence-corrected chi connectivity index (χ1v) is 7.87. The fourth-order valence-corrected chi connectivity index (χ4v) is 2.69. The van der Waals surface area contributed by atoms with E-state index in [1.165, 1.54) is 30.5 Å². The summed E-state index contributed by atoms with van der Waals surface area (Å²) in [6.07, 6.45) is 4.19. The Hall–Kier alpha value is -2.93. The smallest absolute Gasteiger partial charge is 0.257 e. The molecule has 2 unspecified atom stereocenters. The Morgan fingerprint density at radius 2 is 1.88 bits per heavy atom. The van der Waals surface area contributed by atoms with Gasteiger partial charge in [0.2, 0.25) is 0 Å². The summed E-state index contributed by atoms with van der Waals surface area (Å²) in [5, 5.41) is 17.3. The number of rotatable bonds is 5. The number of carbonyl (C=O) groups is 1. The molecule has 2 atom stereocenters. The molecule has 0 fully saturated rings. The molecule has 130 valence electrons. The second kappa shape index (κ2) is 6.90. The number of benzene rings is 1. The zero-order valence-electron chi connectivity index (χ0n) is 13.9. The van der Waals surface area contributed by atoms with E-state index in [2.05, 4.69) is 10.4 Å². The Balaban J connectivity index is 1.77. The van der Waals surface area contributed by atoms with Crippen LogP contribution in [-0.4, -0.2) is 31.4 Å². The minimum Gasteiger partial charge on any atom is -0.386 e. The number of aliphatic hydroxyl groups is 1. The minimum absolute atomic E-state index is 0.342. The molecule has 7 heteroatoms. The van der Waals surface area contributed by atoms with Crippen LogP contribution in [0.2, 0.25) is 0 Å². The van der Waals surface area contributed by atoms with E-state index < -0.39 is 12.1 Å². The molecule has 25 heavy (non-hydrogen) atoms. The van der Waals surface area contributed by atoms with Gasteiger partial charge in [-0.15, -0.1) is 0 Å². The Bertz CT molecular complexity index is 856. The van der Waals surface area contributed by atoms with Crippen molar-refractivity contribution < 1.29 is 14.3 Å². The third kappa shape index (κ3) is 3.46. The van der Waals surface area contributed by atoms with Crippen LogP contribution in [-0.2, 0) is 7.05 Å². The number of hydrogen-bond donors (Lipinski definition) is 2. The summed E-state index contributed by atoms with van der Waals surface area (Å²) in [5.41, 5.74) is 0.933. The lowest BCUT2D eigenvalue weighted by Gasteiger charge is -2.20. The first-order chi connectivity index (χ1) is 12.0. The molecule has 0 radical (unpaired) electrons. The molecule has 0 saturated carbocycles. The number of aliphatic hydroxyl groups excluding tert-OH is 1. The van der Waals surface area contributed by atoms with Gasteiger partial charge in [-0.3, -0.25) is 9.48 Å². The summed E-state index contributed by atoms with van der Waals surface area (Å²) < 4.78 is 16.4. The quantitative estimate of drug-likeness (QED) is 0.747. The monoisotopic (exact) mass is 342 g/mol. The first-order valence-electron chi connectivity index (χ1n) is 7.87. The van der Waals surface area contributed by atoms with Crippen molar-refractivity contribution in [2.75, 3.05) is 0 Å². The highest BCUT2D eigenvalue weighted by atomic mass is 19.1. The van der Waals surface area contributed by atoms with Gasteiger partial charge < -0.3 is 15.0 Å². The van der Waals surface area contributed by atoms with Crippen LogP contribution in [0.15, 0.2) is 55.0 Å². The number of nitrogens with one attached hydrogen (secondary N) is 1. The number of halogens is 1. The number of nitrogens with zero attached hydrogens (tertiary/aromatic N) is 3. The van der Waals surface area contributed by atoms with Crippen molar-refractivity contribution in [3.8, 4) is 5.82 Å². The number of aromatic nitrogens is 3. The zero-order valence-corrected chi connectivity index (χ0v) is 13.9. The molecule has 0 spiro atoms. The lowest BCUT2D eigenvalue weighted by Crippen LogP contribution is -2.37. The van der Waals surface area contributed by atoms with Crippen LogP contribution in [0.25, 0.3) is 5.82 Å². The van der Waals surface area contributed by atoms with E-state index in [-0.39, 0.29) is 11.7 Å². The summed E-state index contributed by atoms with van der Waals surface area (Å²) in [7, 11) is 1.75. The van der Waals surface area contributed by atoms with Crippen LogP contribution < -0.4 is 5.32 Å². The predicted molar refractivity (Wildman–Crippen MR) is 90.8 cm³/mol. The third-order valence-corrected chi connectivity index (χ3v) is 4.05. The zero-order chi connectivity index (χ0) is 18.0. The Kier molecular flexibility index (Phi) is 4.67. The highest BCUT2D eigenvalue weighted by Gasteiger charge is 2.23. The molecule has 2 N–H and O–H groups in total. The van der Waals surface area contributed by atoms with Gasteiger partial charge in [-0.05, 0) is 36.8 Å². The molecule has 0 aliphatic heterocycles. The highest BCUT2D eigenvalue weighted by molar-refractivity contribution is 5.97. The van der Waals surface area contributed by atoms with Crippen LogP contribution >= 0.6 is 0 Å². The van der Waals surface area contributed by atoms with Gasteiger partial charge in [0.15, 0.2) is 0 Å². The van der Waals surface area contributed by atoms with Gasteiger partial charge in [-0.2, -0.15) is 5.10 Å². The standard InChI is InChI=1S/C18H19FN4O2/c1-12(16(24)13-5-7-14(19)8-6-13)21-17(25)15-11-20-22(2)18(15)23-9-3-4-10-23/h3-12,16,24H,1-2H3,(H,21,25). The van der Waals surface area contributed by atoms with Gasteiger partial charge >= 0.3 is 0 Å². The molecule has 0 aliphatic carbocycles. The van der Waals surface area contributed by atoms with Gasteiger partial charge in [-0.25, -0.2) is 4.39 Å². The molecular formula is C18H19FN4O2. The van der Waals surface area contributed by atoms with E-state index in [0.29, 0.717) is 16.9 Å². The summed E-state index contributed by atoms with van der Waals surface area (Å²) in [6.45, 7) is 1.69. The molecule has 1 aromatic carbocycles. The van der Waals surface area contributed by atoms with Crippen LogP contribution in [0.5, 0.6) is 0 Å². The summed E-state index contributed by atoms with van der Waals surface area (Å²) in [4.78, 5) is 12.6. The number of carbonyl (C=O) groups excluding carboxylic acids is 1. The maximum Gasteiger partial charge on any atom is 0.257 e. The second-order valence-electron chi connectivity index (χ2n) is 5.85. The molecule has 0 saturated heterocycles. The maximum absolute atomic E-state index is 13.0. The third-order valence-electron chi connectivity index (χ3n) is 4.05. The lowest BCUT2D eigenvalue weighted by molar-refractivity contribution is 0.0852. The molecule has 3 aromatic rings. The summed E-state index contributed by atoms with van der Waals surface area (Å²) >= 11 is 0. The van der Waals surface area contributed by atoms with Crippen LogP contribution in [0, 0.1) is 5.82 Å². The van der Waals surface area contributed by atoms with Crippen molar-refractivity contribution in [2.24, 2.45) is 7.05 Å². The second-order valence-corrected chi connectivity index (χ2v) is 5.85. The predicted octanol–water partition coefficient (Wildman–Crippen LogP) is 2.20. The molecule has 0 aliphatic rings. The molecular weight excluding hydrogens is 323 g/mol. The normalized spacial score (nSPS) is 13.4. The van der Waals surface area contributed by atoms with Gasteiger partial charge in [0.05, 0.1) is 18.3 Å². The Morgan fingerprint density at radius 1 is 1.24 bits per heavy atom. The average molecular weight is 342 g/mol. The van der Waals surface area contributed by atoms with Gasteiger partial charge in [0.1, 0.15) is 17.2 Å².